The van der Waals surface area contributed by atoms with Crippen molar-refractivity contribution >= 4 is 45.5 Å². The van der Waals surface area contributed by atoms with Gasteiger partial charge in [0.05, 0.1) is 24.3 Å². The van der Waals surface area contributed by atoms with Crippen LogP contribution in [0.25, 0.3) is 0 Å². The van der Waals surface area contributed by atoms with Crippen molar-refractivity contribution in [2.45, 2.75) is 27.7 Å². The van der Waals surface area contributed by atoms with Gasteiger partial charge in [0.1, 0.15) is 16.5 Å². The second-order valence-electron chi connectivity index (χ2n) is 5.89. The summed E-state index contributed by atoms with van der Waals surface area (Å²) in [6, 6.07) is 0. The summed E-state index contributed by atoms with van der Waals surface area (Å²) in [5.41, 5.74) is 2.00. The first-order valence-corrected chi connectivity index (χ1v) is 10.3. The lowest BCUT2D eigenvalue weighted by molar-refractivity contribution is 0.0392. The van der Waals surface area contributed by atoms with Crippen LogP contribution in [0.1, 0.15) is 53.3 Å². The van der Waals surface area contributed by atoms with Gasteiger partial charge in [0.15, 0.2) is 0 Å². The molecule has 2 aromatic rings. The smallest absolute Gasteiger partial charge is 0.348 e. The molecule has 1 N–H and O–H groups in total. The Morgan fingerprint density at radius 1 is 1.04 bits per heavy atom. The van der Waals surface area contributed by atoms with Crippen molar-refractivity contribution in [3.05, 3.63) is 37.4 Å². The number of carbonyl (C=O) groups is 3. The van der Waals surface area contributed by atoms with E-state index < -0.39 is 11.9 Å². The Labute approximate surface area is 171 Å². The maximum Gasteiger partial charge on any atom is 0.348 e. The summed E-state index contributed by atoms with van der Waals surface area (Å²) in [6.07, 6.45) is 0. The highest BCUT2D eigenvalue weighted by Crippen LogP contribution is 2.35. The fourth-order valence-corrected chi connectivity index (χ4v) is 4.39. The summed E-state index contributed by atoms with van der Waals surface area (Å²) in [5.74, 6) is -1.51. The predicted octanol–water partition coefficient (Wildman–Crippen LogP) is 3.97. The minimum atomic E-state index is -0.597. The maximum absolute atomic E-state index is 12.7. The molecule has 0 saturated heterocycles. The molecule has 152 valence electrons. The molecular formula is C19H23NO6S2. The Kier molecular flexibility index (Phi) is 7.73. The van der Waals surface area contributed by atoms with Crippen molar-refractivity contribution in [3.8, 4) is 0 Å². The zero-order valence-electron chi connectivity index (χ0n) is 16.5. The van der Waals surface area contributed by atoms with Crippen LogP contribution in [0.5, 0.6) is 0 Å². The van der Waals surface area contributed by atoms with E-state index in [0.29, 0.717) is 11.1 Å². The number of amides is 1. The molecule has 0 fully saturated rings. The third-order valence-electron chi connectivity index (χ3n) is 4.09. The van der Waals surface area contributed by atoms with E-state index in [2.05, 4.69) is 5.32 Å². The van der Waals surface area contributed by atoms with Gasteiger partial charge in [-0.3, -0.25) is 4.79 Å². The van der Waals surface area contributed by atoms with E-state index in [1.165, 1.54) is 18.4 Å². The van der Waals surface area contributed by atoms with E-state index in [0.717, 1.165) is 21.8 Å². The SMILES string of the molecule is CCOC(=O)c1c(NC(=O)c2csc(C)c2C)sc(C(=O)OCCOC)c1C. The van der Waals surface area contributed by atoms with Gasteiger partial charge >= 0.3 is 11.9 Å². The third-order valence-corrected chi connectivity index (χ3v) is 6.29. The second kappa shape index (κ2) is 9.81. The number of carbonyl (C=O) groups excluding carboxylic acids is 3. The van der Waals surface area contributed by atoms with Crippen molar-refractivity contribution in [2.75, 3.05) is 32.2 Å². The van der Waals surface area contributed by atoms with Crippen LogP contribution in [0.2, 0.25) is 0 Å². The van der Waals surface area contributed by atoms with Crippen LogP contribution in [-0.2, 0) is 14.2 Å². The van der Waals surface area contributed by atoms with Gasteiger partial charge in [-0.05, 0) is 38.8 Å². The van der Waals surface area contributed by atoms with Gasteiger partial charge in [-0.15, -0.1) is 22.7 Å². The average molecular weight is 426 g/mol. The van der Waals surface area contributed by atoms with E-state index in [1.807, 2.05) is 13.8 Å². The monoisotopic (exact) mass is 425 g/mol. The number of methoxy groups -OCH3 is 1. The number of hydrogen-bond donors (Lipinski definition) is 1. The molecule has 2 heterocycles. The molecule has 0 atom stereocenters. The van der Waals surface area contributed by atoms with Gasteiger partial charge in [-0.1, -0.05) is 0 Å². The zero-order valence-corrected chi connectivity index (χ0v) is 18.1. The summed E-state index contributed by atoms with van der Waals surface area (Å²) >= 11 is 2.48. The molecule has 1 amide bonds. The van der Waals surface area contributed by atoms with Crippen LogP contribution < -0.4 is 5.32 Å². The van der Waals surface area contributed by atoms with Crippen LogP contribution in [0.4, 0.5) is 5.00 Å². The molecule has 28 heavy (non-hydrogen) atoms. The Hall–Kier alpha value is -2.23. The normalized spacial score (nSPS) is 10.6. The molecular weight excluding hydrogens is 402 g/mol. The largest absolute Gasteiger partial charge is 0.462 e. The molecule has 0 aromatic carbocycles. The number of thiophene rings is 2. The van der Waals surface area contributed by atoms with Crippen molar-refractivity contribution in [3.63, 3.8) is 0 Å². The van der Waals surface area contributed by atoms with Crippen molar-refractivity contribution in [1.82, 2.24) is 0 Å². The van der Waals surface area contributed by atoms with Gasteiger partial charge in [0, 0.05) is 17.4 Å². The molecule has 2 rings (SSSR count). The Morgan fingerprint density at radius 2 is 1.75 bits per heavy atom. The van der Waals surface area contributed by atoms with Crippen LogP contribution in [0.3, 0.4) is 0 Å². The maximum atomic E-state index is 12.7. The van der Waals surface area contributed by atoms with Crippen molar-refractivity contribution in [1.29, 1.82) is 0 Å². The summed E-state index contributed by atoms with van der Waals surface area (Å²) in [7, 11) is 1.50. The predicted molar refractivity (Wildman–Crippen MR) is 109 cm³/mol. The first kappa shape index (κ1) is 22.1. The molecule has 9 heteroatoms. The highest BCUT2D eigenvalue weighted by atomic mass is 32.1. The van der Waals surface area contributed by atoms with Gasteiger partial charge in [0.25, 0.3) is 5.91 Å². The van der Waals surface area contributed by atoms with Gasteiger partial charge in [-0.25, -0.2) is 9.59 Å². The van der Waals surface area contributed by atoms with Gasteiger partial charge < -0.3 is 19.5 Å². The molecule has 0 radical (unpaired) electrons. The summed E-state index contributed by atoms with van der Waals surface area (Å²) < 4.78 is 15.1. The number of ether oxygens (including phenoxy) is 3. The second-order valence-corrected chi connectivity index (χ2v) is 8.00. The van der Waals surface area contributed by atoms with E-state index >= 15 is 0 Å². The summed E-state index contributed by atoms with van der Waals surface area (Å²) in [4.78, 5) is 38.8. The minimum Gasteiger partial charge on any atom is -0.462 e. The zero-order chi connectivity index (χ0) is 20.8. The third kappa shape index (κ3) is 4.78. The molecule has 0 aliphatic heterocycles. The lowest BCUT2D eigenvalue weighted by Crippen LogP contribution is -2.15. The highest BCUT2D eigenvalue weighted by molar-refractivity contribution is 7.18. The van der Waals surface area contributed by atoms with Crippen LogP contribution in [-0.4, -0.2) is 44.8 Å². The standard InChI is InChI=1S/C19H23NO6S2/c1-6-25-18(22)14-11(3)15(19(23)26-8-7-24-5)28-17(14)20-16(21)13-9-27-12(4)10(13)2/h9H,6-8H2,1-5H3,(H,20,21). The van der Waals surface area contributed by atoms with E-state index in [-0.39, 0.29) is 41.2 Å². The van der Waals surface area contributed by atoms with E-state index in [1.54, 1.807) is 19.2 Å². The number of nitrogens with one attached hydrogen (secondary N) is 1. The summed E-state index contributed by atoms with van der Waals surface area (Å²) in [6.45, 7) is 7.66. The quantitative estimate of drug-likeness (QED) is 0.508. The minimum absolute atomic E-state index is 0.0937. The fourth-order valence-electron chi connectivity index (χ4n) is 2.44. The number of rotatable bonds is 8. The lowest BCUT2D eigenvalue weighted by Gasteiger charge is -2.07. The first-order chi connectivity index (χ1) is 13.3. The first-order valence-electron chi connectivity index (χ1n) is 8.64. The van der Waals surface area contributed by atoms with Crippen LogP contribution >= 0.6 is 22.7 Å². The highest BCUT2D eigenvalue weighted by Gasteiger charge is 2.28. The molecule has 7 nitrogen and oxygen atoms in total. The Morgan fingerprint density at radius 3 is 2.32 bits per heavy atom. The average Bonchev–Trinajstić information content (AvgIpc) is 3.15. The number of esters is 2. The molecule has 0 saturated carbocycles. The lowest BCUT2D eigenvalue weighted by atomic mass is 10.1. The fraction of sp³-hybridized carbons (Fsp3) is 0.421. The van der Waals surface area contributed by atoms with E-state index in [9.17, 15) is 14.4 Å². The molecule has 2 aromatic heterocycles. The molecule has 0 bridgehead atoms. The number of hydrogen-bond acceptors (Lipinski definition) is 8. The number of aryl methyl sites for hydroxylation is 1. The van der Waals surface area contributed by atoms with Crippen LogP contribution in [0, 0.1) is 20.8 Å². The Balaban J connectivity index is 2.36. The number of anilines is 1. The molecule has 0 unspecified atom stereocenters. The van der Waals surface area contributed by atoms with Crippen molar-refractivity contribution < 1.29 is 28.6 Å². The topological polar surface area (TPSA) is 90.9 Å². The van der Waals surface area contributed by atoms with Gasteiger partial charge in [-0.2, -0.15) is 0 Å². The molecule has 0 aliphatic rings. The van der Waals surface area contributed by atoms with Crippen LogP contribution in [0.15, 0.2) is 5.38 Å². The molecule has 0 spiro atoms. The van der Waals surface area contributed by atoms with Gasteiger partial charge in [0.2, 0.25) is 0 Å². The molecule has 0 aliphatic carbocycles. The van der Waals surface area contributed by atoms with Crippen molar-refractivity contribution in [2.24, 2.45) is 0 Å². The summed E-state index contributed by atoms with van der Waals surface area (Å²) in [5, 5.41) is 4.79. The Bertz CT molecular complexity index is 883. The van der Waals surface area contributed by atoms with E-state index in [4.69, 9.17) is 14.2 Å².